The fourth-order valence-electron chi connectivity index (χ4n) is 3.96. The molecule has 2 atom stereocenters. The van der Waals surface area contributed by atoms with Gasteiger partial charge in [-0.05, 0) is 44.7 Å². The number of likely N-dealkylation sites (tertiary alicyclic amines) is 2. The fraction of sp³-hybridized carbons (Fsp3) is 0.611. The lowest BCUT2D eigenvalue weighted by molar-refractivity contribution is -0.132. The van der Waals surface area contributed by atoms with Gasteiger partial charge in [-0.15, -0.1) is 0 Å². The minimum absolute atomic E-state index is 0.00806. The Morgan fingerprint density at radius 3 is 2.54 bits per heavy atom. The predicted molar refractivity (Wildman–Crippen MR) is 90.9 cm³/mol. The van der Waals surface area contributed by atoms with Crippen LogP contribution in [0, 0.1) is 6.92 Å². The molecule has 2 saturated heterocycles. The zero-order chi connectivity index (χ0) is 17.4. The van der Waals surface area contributed by atoms with Crippen molar-refractivity contribution >= 4 is 11.8 Å². The van der Waals surface area contributed by atoms with Gasteiger partial charge in [-0.2, -0.15) is 0 Å². The molecule has 3 rings (SSSR count). The number of amides is 2. The summed E-state index contributed by atoms with van der Waals surface area (Å²) in [7, 11) is 3.52. The monoisotopic (exact) mass is 331 g/mol. The van der Waals surface area contributed by atoms with E-state index in [-0.39, 0.29) is 35.0 Å². The molecule has 0 radical (unpaired) electrons. The summed E-state index contributed by atoms with van der Waals surface area (Å²) in [6, 6.07) is 3.51. The number of hydrogen-bond acceptors (Lipinski definition) is 3. The molecule has 1 aromatic heterocycles. The van der Waals surface area contributed by atoms with Crippen LogP contribution in [0.3, 0.4) is 0 Å². The summed E-state index contributed by atoms with van der Waals surface area (Å²) in [5.41, 5.74) is 0.801. The van der Waals surface area contributed by atoms with Crippen LogP contribution >= 0.6 is 0 Å². The summed E-state index contributed by atoms with van der Waals surface area (Å²) >= 11 is 0. The van der Waals surface area contributed by atoms with Crippen molar-refractivity contribution in [3.05, 3.63) is 33.7 Å². The molecule has 3 heterocycles. The van der Waals surface area contributed by atoms with E-state index in [0.717, 1.165) is 31.4 Å². The van der Waals surface area contributed by atoms with Crippen molar-refractivity contribution < 1.29 is 9.59 Å². The molecule has 1 aromatic rings. The van der Waals surface area contributed by atoms with Crippen molar-refractivity contribution in [3.8, 4) is 0 Å². The Balaban J connectivity index is 1.93. The molecule has 6 nitrogen and oxygen atoms in total. The summed E-state index contributed by atoms with van der Waals surface area (Å²) in [4.78, 5) is 41.3. The van der Waals surface area contributed by atoms with Crippen LogP contribution in [0.1, 0.15) is 48.2 Å². The highest BCUT2D eigenvalue weighted by atomic mass is 16.2. The molecule has 2 aliphatic heterocycles. The maximum absolute atomic E-state index is 13.0. The molecule has 24 heavy (non-hydrogen) atoms. The van der Waals surface area contributed by atoms with Gasteiger partial charge in [0.2, 0.25) is 5.91 Å². The summed E-state index contributed by atoms with van der Waals surface area (Å²) in [5.74, 6) is -0.0453. The van der Waals surface area contributed by atoms with E-state index in [0.29, 0.717) is 13.0 Å². The van der Waals surface area contributed by atoms with E-state index in [1.807, 2.05) is 23.8 Å². The third-order valence-corrected chi connectivity index (χ3v) is 5.57. The lowest BCUT2D eigenvalue weighted by Crippen LogP contribution is -2.56. The van der Waals surface area contributed by atoms with Gasteiger partial charge in [-0.3, -0.25) is 14.4 Å². The number of aromatic nitrogens is 1. The van der Waals surface area contributed by atoms with Crippen molar-refractivity contribution in [2.24, 2.45) is 7.05 Å². The predicted octanol–water partition coefficient (Wildman–Crippen LogP) is 1.31. The minimum atomic E-state index is -0.250. The third-order valence-electron chi connectivity index (χ3n) is 5.57. The lowest BCUT2D eigenvalue weighted by Gasteiger charge is -2.43. The second-order valence-electron chi connectivity index (χ2n) is 6.92. The Morgan fingerprint density at radius 1 is 1.08 bits per heavy atom. The molecule has 0 aromatic carbocycles. The van der Waals surface area contributed by atoms with E-state index in [1.165, 1.54) is 4.57 Å². The van der Waals surface area contributed by atoms with Gasteiger partial charge in [-0.1, -0.05) is 0 Å². The number of likely N-dealkylation sites (N-methyl/N-ethyl adjacent to an activating group) is 1. The summed E-state index contributed by atoms with van der Waals surface area (Å²) in [6.07, 6.45) is 3.93. The number of fused-ring (bicyclic) bond motifs is 1. The second-order valence-corrected chi connectivity index (χ2v) is 6.92. The van der Waals surface area contributed by atoms with Gasteiger partial charge in [0.25, 0.3) is 11.5 Å². The largest absolute Gasteiger partial charge is 0.341 e. The maximum atomic E-state index is 13.0. The first-order chi connectivity index (χ1) is 11.4. The van der Waals surface area contributed by atoms with E-state index >= 15 is 0 Å². The van der Waals surface area contributed by atoms with Crippen LogP contribution in [0.2, 0.25) is 0 Å². The summed E-state index contributed by atoms with van der Waals surface area (Å²) in [6.45, 7) is 2.50. The molecule has 6 heteroatoms. The number of carbonyl (C=O) groups excluding carboxylic acids is 2. The van der Waals surface area contributed by atoms with Crippen LogP contribution in [-0.2, 0) is 11.8 Å². The Labute approximate surface area is 142 Å². The van der Waals surface area contributed by atoms with Crippen LogP contribution in [-0.4, -0.2) is 51.9 Å². The van der Waals surface area contributed by atoms with Crippen LogP contribution in [0.5, 0.6) is 0 Å². The van der Waals surface area contributed by atoms with Gasteiger partial charge in [0.1, 0.15) is 5.56 Å². The zero-order valence-corrected chi connectivity index (χ0v) is 14.6. The average molecular weight is 331 g/mol. The number of pyridine rings is 1. The molecule has 0 saturated carbocycles. The molecule has 2 aliphatic rings. The molecular weight excluding hydrogens is 306 g/mol. The first-order valence-corrected chi connectivity index (χ1v) is 8.65. The molecule has 2 fully saturated rings. The van der Waals surface area contributed by atoms with Gasteiger partial charge in [0.15, 0.2) is 0 Å². The van der Waals surface area contributed by atoms with Crippen molar-refractivity contribution in [1.29, 1.82) is 0 Å². The van der Waals surface area contributed by atoms with E-state index in [9.17, 15) is 14.4 Å². The number of nitrogens with zero attached hydrogens (tertiary/aromatic N) is 3. The number of aryl methyl sites for hydroxylation is 1. The van der Waals surface area contributed by atoms with Gasteiger partial charge in [0, 0.05) is 32.8 Å². The lowest BCUT2D eigenvalue weighted by atomic mass is 9.92. The Kier molecular flexibility index (Phi) is 4.47. The molecule has 2 amide bonds. The first-order valence-electron chi connectivity index (χ1n) is 8.65. The topological polar surface area (TPSA) is 62.6 Å². The van der Waals surface area contributed by atoms with Gasteiger partial charge >= 0.3 is 0 Å². The molecule has 0 bridgehead atoms. The highest BCUT2D eigenvalue weighted by Crippen LogP contribution is 2.29. The third kappa shape index (κ3) is 2.74. The number of carbonyl (C=O) groups is 2. The summed E-state index contributed by atoms with van der Waals surface area (Å²) in [5, 5.41) is 0. The number of rotatable bonds is 1. The van der Waals surface area contributed by atoms with E-state index < -0.39 is 0 Å². The number of hydrogen-bond donors (Lipinski definition) is 0. The van der Waals surface area contributed by atoms with Crippen LogP contribution < -0.4 is 5.56 Å². The molecule has 130 valence electrons. The molecular formula is C18H25N3O3. The fourth-order valence-corrected chi connectivity index (χ4v) is 3.96. The van der Waals surface area contributed by atoms with Crippen molar-refractivity contribution in [3.63, 3.8) is 0 Å². The minimum Gasteiger partial charge on any atom is -0.341 e. The quantitative estimate of drug-likeness (QED) is 0.779. The second kappa shape index (κ2) is 6.42. The molecule has 0 aliphatic carbocycles. The van der Waals surface area contributed by atoms with E-state index in [2.05, 4.69) is 0 Å². The average Bonchev–Trinajstić information content (AvgIpc) is 2.72. The maximum Gasteiger partial charge on any atom is 0.263 e. The Bertz CT molecular complexity index is 725. The molecule has 0 N–H and O–H groups in total. The molecule has 0 spiro atoms. The van der Waals surface area contributed by atoms with Crippen molar-refractivity contribution in [2.75, 3.05) is 13.6 Å². The van der Waals surface area contributed by atoms with Crippen molar-refractivity contribution in [2.45, 2.75) is 51.1 Å². The Hall–Kier alpha value is -2.11. The summed E-state index contributed by atoms with van der Waals surface area (Å²) < 4.78 is 1.51. The Morgan fingerprint density at radius 2 is 1.79 bits per heavy atom. The smallest absolute Gasteiger partial charge is 0.263 e. The van der Waals surface area contributed by atoms with Crippen LogP contribution in [0.4, 0.5) is 0 Å². The standard InChI is InChI=1S/C18H25N3O3/c1-12-9-10-13(17(23)19(12)2)18(24)21-11-5-7-14-15(21)6-4-8-16(22)20(14)3/h9-10,14-15H,4-8,11H2,1-3H3/t14-,15-/m1/s1. The SMILES string of the molecule is Cc1ccc(C(=O)N2CCC[C@@H]3[C@H]2CCCC(=O)N3C)c(=O)n1C. The van der Waals surface area contributed by atoms with Gasteiger partial charge in [-0.25, -0.2) is 0 Å². The normalized spacial score (nSPS) is 24.5. The van der Waals surface area contributed by atoms with E-state index in [1.54, 1.807) is 19.2 Å². The highest BCUT2D eigenvalue weighted by molar-refractivity contribution is 5.94. The molecule has 0 unspecified atom stereocenters. The van der Waals surface area contributed by atoms with Crippen LogP contribution in [0.25, 0.3) is 0 Å². The zero-order valence-electron chi connectivity index (χ0n) is 14.6. The van der Waals surface area contributed by atoms with Crippen molar-refractivity contribution in [1.82, 2.24) is 14.4 Å². The van der Waals surface area contributed by atoms with Gasteiger partial charge in [0.05, 0.1) is 12.1 Å². The van der Waals surface area contributed by atoms with Gasteiger partial charge < -0.3 is 14.4 Å². The first kappa shape index (κ1) is 16.7. The number of piperidine rings is 1. The van der Waals surface area contributed by atoms with E-state index in [4.69, 9.17) is 0 Å². The van der Waals surface area contributed by atoms with Crippen LogP contribution in [0.15, 0.2) is 16.9 Å². The highest BCUT2D eigenvalue weighted by Gasteiger charge is 2.40.